The standard InChI is InChI=1S/C19H24N4O/c1-22-13-17(16-7-4-10-20-18(16)22)14-8-11-23(12-9-14)19(24)21-15-5-2-3-6-15/h4,7-8,10,13,15H,2-3,5-6,9,11-12H2,1H3,(H,21,24). The molecule has 0 unspecified atom stereocenters. The first-order valence-electron chi connectivity index (χ1n) is 8.87. The molecule has 2 amide bonds. The van der Waals surface area contributed by atoms with E-state index in [-0.39, 0.29) is 6.03 Å². The van der Waals surface area contributed by atoms with Gasteiger partial charge in [0, 0.05) is 49.5 Å². The van der Waals surface area contributed by atoms with Crippen molar-refractivity contribution in [3.8, 4) is 0 Å². The maximum absolute atomic E-state index is 12.4. The topological polar surface area (TPSA) is 50.2 Å². The first-order valence-corrected chi connectivity index (χ1v) is 8.87. The summed E-state index contributed by atoms with van der Waals surface area (Å²) in [5.74, 6) is 0. The number of carbonyl (C=O) groups is 1. The van der Waals surface area contributed by atoms with E-state index in [0.29, 0.717) is 12.6 Å². The Hall–Kier alpha value is -2.30. The van der Waals surface area contributed by atoms with Crippen molar-refractivity contribution in [2.24, 2.45) is 7.05 Å². The highest BCUT2D eigenvalue weighted by atomic mass is 16.2. The Labute approximate surface area is 142 Å². The fourth-order valence-corrected chi connectivity index (χ4v) is 3.90. The van der Waals surface area contributed by atoms with Crippen LogP contribution in [0.15, 0.2) is 30.6 Å². The molecule has 0 spiro atoms. The summed E-state index contributed by atoms with van der Waals surface area (Å²) >= 11 is 0. The van der Waals surface area contributed by atoms with Gasteiger partial charge in [0.1, 0.15) is 5.65 Å². The van der Waals surface area contributed by atoms with E-state index in [4.69, 9.17) is 0 Å². The molecule has 5 heteroatoms. The molecule has 1 N–H and O–H groups in total. The van der Waals surface area contributed by atoms with Gasteiger partial charge in [0.05, 0.1) is 0 Å². The Bertz CT molecular complexity index is 786. The van der Waals surface area contributed by atoms with Crippen molar-refractivity contribution in [2.45, 2.75) is 38.1 Å². The first-order chi connectivity index (χ1) is 11.7. The summed E-state index contributed by atoms with van der Waals surface area (Å²) in [6, 6.07) is 4.58. The fraction of sp³-hybridized carbons (Fsp3) is 0.474. The third-order valence-electron chi connectivity index (χ3n) is 5.26. The summed E-state index contributed by atoms with van der Waals surface area (Å²) in [6.45, 7) is 1.46. The van der Waals surface area contributed by atoms with Gasteiger partial charge < -0.3 is 14.8 Å². The molecule has 126 valence electrons. The number of hydrogen-bond acceptors (Lipinski definition) is 2. The molecule has 0 aromatic carbocycles. The van der Waals surface area contributed by atoms with Crippen molar-refractivity contribution in [2.75, 3.05) is 13.1 Å². The molecular formula is C19H24N4O. The second kappa shape index (κ2) is 6.30. The summed E-state index contributed by atoms with van der Waals surface area (Å²) < 4.78 is 2.07. The number of aryl methyl sites for hydroxylation is 1. The van der Waals surface area contributed by atoms with Crippen LogP contribution in [0, 0.1) is 0 Å². The van der Waals surface area contributed by atoms with Crippen LogP contribution in [0.25, 0.3) is 16.6 Å². The zero-order valence-corrected chi connectivity index (χ0v) is 14.2. The van der Waals surface area contributed by atoms with Gasteiger partial charge in [-0.05, 0) is 37.0 Å². The van der Waals surface area contributed by atoms with Crippen molar-refractivity contribution in [1.29, 1.82) is 0 Å². The van der Waals surface area contributed by atoms with E-state index in [1.807, 2.05) is 24.2 Å². The summed E-state index contributed by atoms with van der Waals surface area (Å²) in [5, 5.41) is 4.37. The number of hydrogen-bond donors (Lipinski definition) is 1. The summed E-state index contributed by atoms with van der Waals surface area (Å²) in [6.07, 6.45) is 11.8. The smallest absolute Gasteiger partial charge is 0.317 e. The van der Waals surface area contributed by atoms with Crippen LogP contribution in [0.2, 0.25) is 0 Å². The van der Waals surface area contributed by atoms with E-state index >= 15 is 0 Å². The van der Waals surface area contributed by atoms with Crippen molar-refractivity contribution in [3.63, 3.8) is 0 Å². The largest absolute Gasteiger partial charge is 0.335 e. The number of nitrogens with zero attached hydrogens (tertiary/aromatic N) is 3. The number of urea groups is 1. The highest BCUT2D eigenvalue weighted by Crippen LogP contribution is 2.29. The van der Waals surface area contributed by atoms with Crippen LogP contribution in [0.5, 0.6) is 0 Å². The highest BCUT2D eigenvalue weighted by molar-refractivity contribution is 5.91. The van der Waals surface area contributed by atoms with E-state index in [1.165, 1.54) is 29.4 Å². The number of nitrogens with one attached hydrogen (secondary N) is 1. The molecule has 1 fully saturated rings. The lowest BCUT2D eigenvalue weighted by Crippen LogP contribution is -2.45. The second-order valence-electron chi connectivity index (χ2n) is 6.88. The van der Waals surface area contributed by atoms with E-state index < -0.39 is 0 Å². The average molecular weight is 324 g/mol. The van der Waals surface area contributed by atoms with Gasteiger partial charge in [-0.25, -0.2) is 9.78 Å². The van der Waals surface area contributed by atoms with Crippen LogP contribution in [-0.2, 0) is 7.05 Å². The molecule has 0 atom stereocenters. The zero-order valence-electron chi connectivity index (χ0n) is 14.2. The average Bonchev–Trinajstić information content (AvgIpc) is 3.24. The van der Waals surface area contributed by atoms with E-state index in [2.05, 4.69) is 33.2 Å². The molecule has 0 radical (unpaired) electrons. The molecule has 0 bridgehead atoms. The normalized spacial score (nSPS) is 18.9. The third-order valence-corrected chi connectivity index (χ3v) is 5.26. The molecule has 1 aliphatic heterocycles. The van der Waals surface area contributed by atoms with Gasteiger partial charge in [-0.15, -0.1) is 0 Å². The van der Waals surface area contributed by atoms with Crippen LogP contribution in [-0.4, -0.2) is 39.6 Å². The Morgan fingerprint density at radius 3 is 2.92 bits per heavy atom. The zero-order chi connectivity index (χ0) is 16.5. The molecule has 0 saturated heterocycles. The summed E-state index contributed by atoms with van der Waals surface area (Å²) in [7, 11) is 2.03. The first kappa shape index (κ1) is 15.2. The van der Waals surface area contributed by atoms with Crippen molar-refractivity contribution in [3.05, 3.63) is 36.2 Å². The molecule has 1 saturated carbocycles. The van der Waals surface area contributed by atoms with Crippen LogP contribution in [0.3, 0.4) is 0 Å². The molecule has 24 heavy (non-hydrogen) atoms. The minimum atomic E-state index is 0.0942. The van der Waals surface area contributed by atoms with Crippen molar-refractivity contribution in [1.82, 2.24) is 19.8 Å². The quantitative estimate of drug-likeness (QED) is 0.921. The summed E-state index contributed by atoms with van der Waals surface area (Å²) in [5.41, 5.74) is 3.57. The van der Waals surface area contributed by atoms with Gasteiger partial charge in [-0.1, -0.05) is 18.9 Å². The predicted octanol–water partition coefficient (Wildman–Crippen LogP) is 3.31. The van der Waals surface area contributed by atoms with Crippen LogP contribution in [0.1, 0.15) is 37.7 Å². The maximum Gasteiger partial charge on any atom is 0.317 e. The van der Waals surface area contributed by atoms with Crippen molar-refractivity contribution < 1.29 is 4.79 Å². The lowest BCUT2D eigenvalue weighted by Gasteiger charge is -2.28. The number of carbonyl (C=O) groups excluding carboxylic acids is 1. The molecule has 1 aliphatic carbocycles. The summed E-state index contributed by atoms with van der Waals surface area (Å²) in [4.78, 5) is 18.8. The van der Waals surface area contributed by atoms with E-state index in [9.17, 15) is 4.79 Å². The third kappa shape index (κ3) is 2.79. The van der Waals surface area contributed by atoms with E-state index in [1.54, 1.807) is 0 Å². The molecular weight excluding hydrogens is 300 g/mol. The number of aromatic nitrogens is 2. The Kier molecular flexibility index (Phi) is 4.00. The highest BCUT2D eigenvalue weighted by Gasteiger charge is 2.23. The minimum absolute atomic E-state index is 0.0942. The SMILES string of the molecule is Cn1cc(C2=CCN(C(=O)NC3CCCC3)CC2)c2cccnc21. The van der Waals surface area contributed by atoms with Gasteiger partial charge in [0.2, 0.25) is 0 Å². The number of amides is 2. The Morgan fingerprint density at radius 1 is 1.33 bits per heavy atom. The van der Waals surface area contributed by atoms with E-state index in [0.717, 1.165) is 31.5 Å². The second-order valence-corrected chi connectivity index (χ2v) is 6.88. The lowest BCUT2D eigenvalue weighted by atomic mass is 10.00. The van der Waals surface area contributed by atoms with Crippen molar-refractivity contribution >= 4 is 22.6 Å². The lowest BCUT2D eigenvalue weighted by molar-refractivity contribution is 0.199. The molecule has 2 aliphatic rings. The monoisotopic (exact) mass is 324 g/mol. The maximum atomic E-state index is 12.4. The van der Waals surface area contributed by atoms with Crippen LogP contribution < -0.4 is 5.32 Å². The fourth-order valence-electron chi connectivity index (χ4n) is 3.90. The molecule has 4 rings (SSSR count). The van der Waals surface area contributed by atoms with Crippen LogP contribution >= 0.6 is 0 Å². The van der Waals surface area contributed by atoms with Crippen LogP contribution in [0.4, 0.5) is 4.79 Å². The Balaban J connectivity index is 1.48. The number of rotatable bonds is 2. The molecule has 2 aromatic rings. The molecule has 2 aromatic heterocycles. The van der Waals surface area contributed by atoms with Gasteiger partial charge >= 0.3 is 6.03 Å². The van der Waals surface area contributed by atoms with Gasteiger partial charge in [0.25, 0.3) is 0 Å². The Morgan fingerprint density at radius 2 is 2.17 bits per heavy atom. The number of pyridine rings is 1. The van der Waals surface area contributed by atoms with Gasteiger partial charge in [0.15, 0.2) is 0 Å². The molecule has 3 heterocycles. The molecule has 5 nitrogen and oxygen atoms in total. The van der Waals surface area contributed by atoms with Gasteiger partial charge in [-0.3, -0.25) is 0 Å². The number of fused-ring (bicyclic) bond motifs is 1. The minimum Gasteiger partial charge on any atom is -0.335 e. The van der Waals surface area contributed by atoms with Gasteiger partial charge in [-0.2, -0.15) is 0 Å². The predicted molar refractivity (Wildman–Crippen MR) is 95.7 cm³/mol.